The van der Waals surface area contributed by atoms with Crippen molar-refractivity contribution in [3.05, 3.63) is 58.8 Å². The molecule has 0 saturated heterocycles. The Morgan fingerprint density at radius 1 is 1.11 bits per heavy atom. The first kappa shape index (κ1) is 18.3. The summed E-state index contributed by atoms with van der Waals surface area (Å²) in [5, 5.41) is 13.6. The molecular weight excluding hydrogens is 367 g/mol. The lowest BCUT2D eigenvalue weighted by molar-refractivity contribution is -0.154. The molecule has 0 radical (unpaired) electrons. The van der Waals surface area contributed by atoms with Gasteiger partial charge >= 0.3 is 12.2 Å². The van der Waals surface area contributed by atoms with Gasteiger partial charge in [-0.15, -0.1) is 0 Å². The number of halogens is 3. The molecular formula is C16H12F3N5O3. The lowest BCUT2D eigenvalue weighted by Gasteiger charge is -2.09. The first-order valence-corrected chi connectivity index (χ1v) is 7.54. The Kier molecular flexibility index (Phi) is 5.01. The van der Waals surface area contributed by atoms with Gasteiger partial charge < -0.3 is 9.84 Å². The third-order valence-electron chi connectivity index (χ3n) is 3.30. The Bertz CT molecular complexity index is 990. The molecule has 3 heterocycles. The number of pyridine rings is 1. The molecule has 0 aliphatic rings. The summed E-state index contributed by atoms with van der Waals surface area (Å²) in [5.74, 6) is -0.181. The molecule has 3 rings (SSSR count). The minimum Gasteiger partial charge on any atom is -0.493 e. The monoisotopic (exact) mass is 379 g/mol. The highest BCUT2D eigenvalue weighted by Gasteiger charge is 2.28. The van der Waals surface area contributed by atoms with E-state index in [1.807, 2.05) is 0 Å². The second kappa shape index (κ2) is 7.40. The molecule has 140 valence electrons. The van der Waals surface area contributed by atoms with Crippen molar-refractivity contribution in [2.75, 3.05) is 6.61 Å². The predicted octanol–water partition coefficient (Wildman–Crippen LogP) is 1.79. The molecule has 8 nitrogen and oxygen atoms in total. The quantitative estimate of drug-likeness (QED) is 0.721. The summed E-state index contributed by atoms with van der Waals surface area (Å²) in [6.07, 6.45) is -0.601. The summed E-state index contributed by atoms with van der Waals surface area (Å²) in [4.78, 5) is 23.1. The molecule has 1 N–H and O–H groups in total. The van der Waals surface area contributed by atoms with Crippen LogP contribution < -0.4 is 10.3 Å². The van der Waals surface area contributed by atoms with E-state index in [1.165, 1.54) is 36.8 Å². The van der Waals surface area contributed by atoms with Crippen molar-refractivity contribution in [3.63, 3.8) is 0 Å². The normalized spacial score (nSPS) is 11.4. The third kappa shape index (κ3) is 5.00. The molecule has 27 heavy (non-hydrogen) atoms. The van der Waals surface area contributed by atoms with Gasteiger partial charge in [0.15, 0.2) is 6.61 Å². The van der Waals surface area contributed by atoms with Gasteiger partial charge in [-0.2, -0.15) is 18.3 Å². The van der Waals surface area contributed by atoms with Crippen molar-refractivity contribution in [3.8, 4) is 23.1 Å². The number of hydrogen-bond acceptors (Lipinski definition) is 7. The van der Waals surface area contributed by atoms with E-state index in [0.717, 1.165) is 4.68 Å². The Balaban J connectivity index is 1.80. The number of ether oxygens (including phenoxy) is 1. The minimum absolute atomic E-state index is 0.0936. The molecule has 0 aliphatic heterocycles. The predicted molar refractivity (Wildman–Crippen MR) is 86.1 cm³/mol. The fourth-order valence-electron chi connectivity index (χ4n) is 2.12. The first-order chi connectivity index (χ1) is 12.8. The topological polar surface area (TPSA) is 103 Å². The van der Waals surface area contributed by atoms with E-state index >= 15 is 0 Å². The Morgan fingerprint density at radius 2 is 1.85 bits per heavy atom. The standard InChI is InChI=1S/C16H12F3N5O3/c17-16(18,19)9-27-15-21-6-11(7-22-15)12-1-2-14(26)24(23-12)8-10-3-4-20-13(25)5-10/h1-7H,8-9H2,(H,20,25). The van der Waals surface area contributed by atoms with E-state index < -0.39 is 18.8 Å². The van der Waals surface area contributed by atoms with Crippen LogP contribution in [0.1, 0.15) is 5.56 Å². The molecule has 0 bridgehead atoms. The van der Waals surface area contributed by atoms with Gasteiger partial charge in [-0.3, -0.25) is 4.79 Å². The second-order valence-electron chi connectivity index (χ2n) is 5.39. The van der Waals surface area contributed by atoms with Crippen molar-refractivity contribution in [2.24, 2.45) is 0 Å². The van der Waals surface area contributed by atoms with E-state index in [1.54, 1.807) is 6.07 Å². The summed E-state index contributed by atoms with van der Waals surface area (Å²) in [6, 6.07) is 5.33. The number of hydrogen-bond donors (Lipinski definition) is 1. The summed E-state index contributed by atoms with van der Waals surface area (Å²) < 4.78 is 42.0. The fourth-order valence-corrected chi connectivity index (χ4v) is 2.12. The van der Waals surface area contributed by atoms with Crippen LogP contribution in [0.4, 0.5) is 13.2 Å². The smallest absolute Gasteiger partial charge is 0.422 e. The van der Waals surface area contributed by atoms with E-state index in [-0.39, 0.29) is 18.0 Å². The van der Waals surface area contributed by atoms with Gasteiger partial charge in [0, 0.05) is 36.3 Å². The highest BCUT2D eigenvalue weighted by molar-refractivity contribution is 5.55. The number of nitrogens with zero attached hydrogens (tertiary/aromatic N) is 5. The molecule has 0 fully saturated rings. The Labute approximate surface area is 149 Å². The van der Waals surface area contributed by atoms with Crippen LogP contribution in [0.15, 0.2) is 47.7 Å². The van der Waals surface area contributed by atoms with Gasteiger partial charge in [-0.05, 0) is 17.7 Å². The van der Waals surface area contributed by atoms with Crippen LogP contribution in [0.5, 0.6) is 11.9 Å². The number of rotatable bonds is 5. The summed E-state index contributed by atoms with van der Waals surface area (Å²) in [6.45, 7) is -1.40. The summed E-state index contributed by atoms with van der Waals surface area (Å²) in [7, 11) is 0. The van der Waals surface area contributed by atoms with Crippen molar-refractivity contribution < 1.29 is 23.0 Å². The largest absolute Gasteiger partial charge is 0.493 e. The molecule has 0 spiro atoms. The molecule has 0 unspecified atom stereocenters. The van der Waals surface area contributed by atoms with Crippen LogP contribution in [0, 0.1) is 0 Å². The van der Waals surface area contributed by atoms with Crippen LogP contribution in [-0.4, -0.2) is 42.6 Å². The molecule has 0 atom stereocenters. The fraction of sp³-hybridized carbons (Fsp3) is 0.188. The van der Waals surface area contributed by atoms with Crippen molar-refractivity contribution in [1.82, 2.24) is 24.7 Å². The summed E-state index contributed by atoms with van der Waals surface area (Å²) in [5.41, 5.74) is 0.971. The minimum atomic E-state index is -4.49. The molecule has 0 amide bonds. The number of aromatic nitrogens is 5. The summed E-state index contributed by atoms with van der Waals surface area (Å²) >= 11 is 0. The van der Waals surface area contributed by atoms with Crippen molar-refractivity contribution in [2.45, 2.75) is 12.7 Å². The highest BCUT2D eigenvalue weighted by atomic mass is 19.4. The average Bonchev–Trinajstić information content (AvgIpc) is 2.62. The number of alkyl halides is 3. The molecule has 0 aliphatic carbocycles. The lowest BCUT2D eigenvalue weighted by atomic mass is 10.2. The maximum absolute atomic E-state index is 12.1. The van der Waals surface area contributed by atoms with Crippen LogP contribution in [0.2, 0.25) is 0 Å². The second-order valence-corrected chi connectivity index (χ2v) is 5.39. The first-order valence-electron chi connectivity index (χ1n) is 7.54. The zero-order valence-corrected chi connectivity index (χ0v) is 13.6. The van der Waals surface area contributed by atoms with Gasteiger partial charge in [-0.25, -0.2) is 19.6 Å². The highest BCUT2D eigenvalue weighted by Crippen LogP contribution is 2.18. The maximum atomic E-state index is 12.1. The molecule has 11 heteroatoms. The zero-order valence-electron chi connectivity index (χ0n) is 13.6. The molecule has 3 aromatic heterocycles. The average molecular weight is 379 g/mol. The van der Waals surface area contributed by atoms with Crippen LogP contribution in [-0.2, 0) is 6.54 Å². The third-order valence-corrected chi connectivity index (χ3v) is 3.30. The van der Waals surface area contributed by atoms with Gasteiger partial charge in [0.05, 0.1) is 12.2 Å². The maximum Gasteiger partial charge on any atom is 0.422 e. The van der Waals surface area contributed by atoms with Crippen LogP contribution in [0.3, 0.4) is 0 Å². The van der Waals surface area contributed by atoms with Gasteiger partial charge in [0.2, 0.25) is 5.88 Å². The van der Waals surface area contributed by atoms with E-state index in [9.17, 15) is 23.1 Å². The number of aromatic hydroxyl groups is 1. The van der Waals surface area contributed by atoms with E-state index in [0.29, 0.717) is 16.8 Å². The van der Waals surface area contributed by atoms with Crippen molar-refractivity contribution >= 4 is 0 Å². The molecule has 0 saturated carbocycles. The van der Waals surface area contributed by atoms with Crippen LogP contribution in [0.25, 0.3) is 11.3 Å². The van der Waals surface area contributed by atoms with E-state index in [4.69, 9.17) is 0 Å². The Hall–Kier alpha value is -3.50. The van der Waals surface area contributed by atoms with Gasteiger partial charge in [0.25, 0.3) is 5.56 Å². The lowest BCUT2D eigenvalue weighted by Crippen LogP contribution is -2.23. The molecule has 3 aromatic rings. The van der Waals surface area contributed by atoms with Crippen LogP contribution >= 0.6 is 0 Å². The molecule has 0 aromatic carbocycles. The van der Waals surface area contributed by atoms with Gasteiger partial charge in [-0.1, -0.05) is 0 Å². The SMILES string of the molecule is O=c1ccc(-c2cnc(OCC(F)(F)F)nc2)nn1Cc1ccnc(O)c1. The zero-order chi connectivity index (χ0) is 19.4. The van der Waals surface area contributed by atoms with Crippen molar-refractivity contribution in [1.29, 1.82) is 0 Å². The van der Waals surface area contributed by atoms with Gasteiger partial charge in [0.1, 0.15) is 0 Å². The Morgan fingerprint density at radius 3 is 2.52 bits per heavy atom. The van der Waals surface area contributed by atoms with E-state index in [2.05, 4.69) is 24.8 Å².